The Morgan fingerprint density at radius 3 is 2.62 bits per heavy atom. The number of carbonyl (C=O) groups excluding carboxylic acids is 1. The van der Waals surface area contributed by atoms with Crippen LogP contribution >= 0.6 is 0 Å². The Morgan fingerprint density at radius 2 is 1.92 bits per heavy atom. The fraction of sp³-hybridized carbons (Fsp3) is 0.316. The maximum absolute atomic E-state index is 12.5. The molecule has 1 amide bonds. The molecule has 0 spiro atoms. The number of methoxy groups -OCH3 is 1. The SMILES string of the molecule is COCc1ccccc1CNC(=O)c1cccc(N2CCCS2(=O)=O)c1. The van der Waals surface area contributed by atoms with Crippen LogP contribution < -0.4 is 9.62 Å². The summed E-state index contributed by atoms with van der Waals surface area (Å²) in [5.74, 6) is -0.0876. The summed E-state index contributed by atoms with van der Waals surface area (Å²) in [6.07, 6.45) is 0.606. The summed E-state index contributed by atoms with van der Waals surface area (Å²) in [5, 5.41) is 2.89. The minimum absolute atomic E-state index is 0.152. The Hall–Kier alpha value is -2.38. The molecule has 1 aliphatic rings. The van der Waals surface area contributed by atoms with Crippen LogP contribution in [-0.2, 0) is 27.9 Å². The van der Waals surface area contributed by atoms with Crippen molar-refractivity contribution in [1.29, 1.82) is 0 Å². The van der Waals surface area contributed by atoms with Crippen molar-refractivity contribution in [2.75, 3.05) is 23.7 Å². The lowest BCUT2D eigenvalue weighted by atomic mass is 10.1. The summed E-state index contributed by atoms with van der Waals surface area (Å²) in [7, 11) is -1.63. The Bertz CT molecular complexity index is 896. The zero-order chi connectivity index (χ0) is 18.6. The first-order valence-electron chi connectivity index (χ1n) is 8.45. The molecule has 2 aromatic carbocycles. The highest BCUT2D eigenvalue weighted by molar-refractivity contribution is 7.93. The third-order valence-electron chi connectivity index (χ3n) is 4.35. The molecule has 1 fully saturated rings. The van der Waals surface area contributed by atoms with Crippen molar-refractivity contribution in [1.82, 2.24) is 5.32 Å². The molecule has 0 atom stereocenters. The normalized spacial score (nSPS) is 15.8. The molecule has 26 heavy (non-hydrogen) atoms. The average molecular weight is 374 g/mol. The first-order valence-corrected chi connectivity index (χ1v) is 10.1. The molecule has 1 saturated heterocycles. The summed E-state index contributed by atoms with van der Waals surface area (Å²) in [6, 6.07) is 14.5. The maximum atomic E-state index is 12.5. The molecule has 6 nitrogen and oxygen atoms in total. The minimum Gasteiger partial charge on any atom is -0.380 e. The summed E-state index contributed by atoms with van der Waals surface area (Å²) in [4.78, 5) is 12.5. The van der Waals surface area contributed by atoms with Gasteiger partial charge in [-0.15, -0.1) is 0 Å². The smallest absolute Gasteiger partial charge is 0.251 e. The summed E-state index contributed by atoms with van der Waals surface area (Å²) in [5.41, 5.74) is 2.98. The van der Waals surface area contributed by atoms with Crippen molar-refractivity contribution >= 4 is 21.6 Å². The zero-order valence-electron chi connectivity index (χ0n) is 14.6. The van der Waals surface area contributed by atoms with Crippen LogP contribution in [0.3, 0.4) is 0 Å². The van der Waals surface area contributed by atoms with Crippen molar-refractivity contribution in [3.8, 4) is 0 Å². The number of sulfonamides is 1. The van der Waals surface area contributed by atoms with Crippen LogP contribution in [0.15, 0.2) is 48.5 Å². The van der Waals surface area contributed by atoms with Crippen LogP contribution in [0, 0.1) is 0 Å². The number of nitrogens with one attached hydrogen (secondary N) is 1. The molecule has 0 unspecified atom stereocenters. The van der Waals surface area contributed by atoms with E-state index in [1.807, 2.05) is 24.3 Å². The van der Waals surface area contributed by atoms with Gasteiger partial charge in [0.15, 0.2) is 0 Å². The van der Waals surface area contributed by atoms with E-state index in [0.717, 1.165) is 11.1 Å². The predicted molar refractivity (Wildman–Crippen MR) is 101 cm³/mol. The number of benzene rings is 2. The van der Waals surface area contributed by atoms with Crippen LogP contribution in [0.1, 0.15) is 27.9 Å². The minimum atomic E-state index is -3.26. The van der Waals surface area contributed by atoms with Gasteiger partial charge in [-0.25, -0.2) is 8.42 Å². The lowest BCUT2D eigenvalue weighted by molar-refractivity contribution is 0.0950. The van der Waals surface area contributed by atoms with Gasteiger partial charge in [0.2, 0.25) is 10.0 Å². The van der Waals surface area contributed by atoms with Crippen molar-refractivity contribution in [3.05, 3.63) is 65.2 Å². The number of rotatable bonds is 6. The highest BCUT2D eigenvalue weighted by Crippen LogP contribution is 2.24. The molecule has 1 N–H and O–H groups in total. The fourth-order valence-corrected chi connectivity index (χ4v) is 4.59. The number of hydrogen-bond donors (Lipinski definition) is 1. The molecular formula is C19H22N2O4S. The molecule has 0 bridgehead atoms. The van der Waals surface area contributed by atoms with Gasteiger partial charge in [0.1, 0.15) is 0 Å². The molecule has 0 aromatic heterocycles. The van der Waals surface area contributed by atoms with Gasteiger partial charge < -0.3 is 10.1 Å². The second kappa shape index (κ2) is 7.88. The van der Waals surface area contributed by atoms with Crippen molar-refractivity contribution < 1.29 is 17.9 Å². The number of ether oxygens (including phenoxy) is 1. The van der Waals surface area contributed by atoms with Crippen LogP contribution in [-0.4, -0.2) is 33.7 Å². The van der Waals surface area contributed by atoms with E-state index in [0.29, 0.717) is 37.4 Å². The molecule has 3 rings (SSSR count). The van der Waals surface area contributed by atoms with Crippen LogP contribution in [0.5, 0.6) is 0 Å². The second-order valence-electron chi connectivity index (χ2n) is 6.18. The maximum Gasteiger partial charge on any atom is 0.251 e. The van der Waals surface area contributed by atoms with E-state index in [2.05, 4.69) is 5.32 Å². The second-order valence-corrected chi connectivity index (χ2v) is 8.19. The molecule has 1 heterocycles. The Kier molecular flexibility index (Phi) is 5.58. The summed E-state index contributed by atoms with van der Waals surface area (Å²) < 4.78 is 30.7. The van der Waals surface area contributed by atoms with Crippen LogP contribution in [0.2, 0.25) is 0 Å². The Balaban J connectivity index is 1.72. The molecule has 0 radical (unpaired) electrons. The summed E-state index contributed by atoms with van der Waals surface area (Å²) in [6.45, 7) is 1.32. The lowest BCUT2D eigenvalue weighted by Gasteiger charge is -2.17. The first kappa shape index (κ1) is 18.4. The van der Waals surface area contributed by atoms with E-state index in [4.69, 9.17) is 4.74 Å². The number of anilines is 1. The number of hydrogen-bond acceptors (Lipinski definition) is 4. The third kappa shape index (κ3) is 4.05. The topological polar surface area (TPSA) is 75.7 Å². The fourth-order valence-electron chi connectivity index (χ4n) is 3.04. The standard InChI is InChI=1S/C19H22N2O4S/c1-25-14-17-7-3-2-6-16(17)13-20-19(22)15-8-4-9-18(12-15)21-10-5-11-26(21,23)24/h2-4,6-9,12H,5,10-11,13-14H2,1H3,(H,20,22). The number of nitrogens with zero attached hydrogens (tertiary/aromatic N) is 1. The number of amides is 1. The molecule has 1 aliphatic heterocycles. The third-order valence-corrected chi connectivity index (χ3v) is 6.22. The quantitative estimate of drug-likeness (QED) is 0.842. The van der Waals surface area contributed by atoms with Gasteiger partial charge in [0, 0.05) is 25.8 Å². The van der Waals surface area contributed by atoms with E-state index < -0.39 is 10.0 Å². The Labute approximate surface area is 153 Å². The van der Waals surface area contributed by atoms with Gasteiger partial charge in [-0.05, 0) is 35.7 Å². The van der Waals surface area contributed by atoms with Crippen molar-refractivity contribution in [2.45, 2.75) is 19.6 Å². The predicted octanol–water partition coefficient (Wildman–Crippen LogP) is 2.30. The molecule has 7 heteroatoms. The average Bonchev–Trinajstić information content (AvgIpc) is 3.00. The van der Waals surface area contributed by atoms with Crippen molar-refractivity contribution in [3.63, 3.8) is 0 Å². The van der Waals surface area contributed by atoms with Crippen LogP contribution in [0.4, 0.5) is 5.69 Å². The van der Waals surface area contributed by atoms with Gasteiger partial charge in [-0.3, -0.25) is 9.10 Å². The van der Waals surface area contributed by atoms with E-state index in [1.165, 1.54) is 4.31 Å². The molecule has 2 aromatic rings. The molecule has 138 valence electrons. The van der Waals surface area contributed by atoms with Gasteiger partial charge >= 0.3 is 0 Å². The highest BCUT2D eigenvalue weighted by Gasteiger charge is 2.28. The van der Waals surface area contributed by atoms with Crippen molar-refractivity contribution in [2.24, 2.45) is 0 Å². The van der Waals surface area contributed by atoms with E-state index in [1.54, 1.807) is 31.4 Å². The zero-order valence-corrected chi connectivity index (χ0v) is 15.5. The first-order chi connectivity index (χ1) is 12.5. The molecular weight excluding hydrogens is 352 g/mol. The summed E-state index contributed by atoms with van der Waals surface area (Å²) >= 11 is 0. The number of carbonyl (C=O) groups is 1. The van der Waals surface area contributed by atoms with Gasteiger partial charge in [0.05, 0.1) is 18.0 Å². The monoisotopic (exact) mass is 374 g/mol. The van der Waals surface area contributed by atoms with E-state index in [-0.39, 0.29) is 11.7 Å². The Morgan fingerprint density at radius 1 is 1.15 bits per heavy atom. The van der Waals surface area contributed by atoms with Gasteiger partial charge in [-0.1, -0.05) is 30.3 Å². The highest BCUT2D eigenvalue weighted by atomic mass is 32.2. The van der Waals surface area contributed by atoms with Crippen LogP contribution in [0.25, 0.3) is 0 Å². The van der Waals surface area contributed by atoms with E-state index in [9.17, 15) is 13.2 Å². The largest absolute Gasteiger partial charge is 0.380 e. The lowest BCUT2D eigenvalue weighted by Crippen LogP contribution is -2.26. The molecule has 0 saturated carbocycles. The van der Waals surface area contributed by atoms with E-state index >= 15 is 0 Å². The van der Waals surface area contributed by atoms with Gasteiger partial charge in [0.25, 0.3) is 5.91 Å². The molecule has 0 aliphatic carbocycles. The van der Waals surface area contributed by atoms with Gasteiger partial charge in [-0.2, -0.15) is 0 Å².